The van der Waals surface area contributed by atoms with Crippen molar-refractivity contribution in [1.29, 1.82) is 0 Å². The van der Waals surface area contributed by atoms with Gasteiger partial charge in [0.1, 0.15) is 32.5 Å². The molecule has 8 heteroatoms. The molecule has 0 saturated heterocycles. The largest absolute Gasteiger partial charge is 0.0312 e. The van der Waals surface area contributed by atoms with Crippen LogP contribution in [0.2, 0.25) is 0 Å². The molecule has 2 aliphatic carbocycles. The van der Waals surface area contributed by atoms with E-state index in [2.05, 4.69) is 285 Å². The Labute approximate surface area is 518 Å². The minimum absolute atomic E-state index is 0. The zero-order valence-corrected chi connectivity index (χ0v) is 53.4. The van der Waals surface area contributed by atoms with Crippen LogP contribution >= 0.6 is 14.5 Å². The van der Waals surface area contributed by atoms with Gasteiger partial charge < -0.3 is 0 Å². The molecule has 2 fully saturated rings. The predicted molar refractivity (Wildman–Crippen MR) is 328 cm³/mol. The van der Waals surface area contributed by atoms with Crippen LogP contribution in [-0.4, -0.2) is 11.3 Å². The molecule has 4 unspecified atom stereocenters. The van der Waals surface area contributed by atoms with Crippen molar-refractivity contribution in [2.24, 2.45) is 0 Å². The summed E-state index contributed by atoms with van der Waals surface area (Å²) in [5, 5.41) is 8.32. The third-order valence-corrected chi connectivity index (χ3v) is 24.4. The van der Waals surface area contributed by atoms with Gasteiger partial charge in [-0.2, -0.15) is 0 Å². The van der Waals surface area contributed by atoms with E-state index in [9.17, 15) is 0 Å². The molecule has 2 saturated carbocycles. The van der Waals surface area contributed by atoms with Crippen LogP contribution in [0.25, 0.3) is 10.6 Å². The third-order valence-electron chi connectivity index (χ3n) is 14.5. The van der Waals surface area contributed by atoms with Gasteiger partial charge in [0.2, 0.25) is 0 Å². The summed E-state index contributed by atoms with van der Waals surface area (Å²) in [6, 6.07) is 84.0. The molecule has 12 rings (SSSR count). The first-order valence-electron chi connectivity index (χ1n) is 26.1. The molecular formula is C74H62O4P2Re2. The average molecular weight is 1450 g/mol. The first-order valence-corrected chi connectivity index (χ1v) is 29.8. The van der Waals surface area contributed by atoms with Crippen LogP contribution in [0.3, 0.4) is 0 Å². The fraction of sp³-hybridized carbons (Fsp3) is 0.108. The molecule has 0 spiro atoms. The smallest absolute Gasteiger partial charge is 0 e. The van der Waals surface area contributed by atoms with Crippen LogP contribution in [0.4, 0.5) is 0 Å². The Morgan fingerprint density at radius 1 is 0.280 bits per heavy atom. The Balaban J connectivity index is 0.000000634. The Kier molecular flexibility index (Phi) is 29.8. The molecule has 4 nitrogen and oxygen atoms in total. The van der Waals surface area contributed by atoms with Gasteiger partial charge in [0, 0.05) is 40.8 Å². The number of allylic oxidation sites excluding steroid dienone is 2. The summed E-state index contributed by atoms with van der Waals surface area (Å²) in [6.07, 6.45) is 29.0. The predicted octanol–water partition coefficient (Wildman–Crippen LogP) is 15.5. The second-order valence-corrected chi connectivity index (χ2v) is 26.2. The molecule has 12 radical (unpaired) electrons. The fourth-order valence-electron chi connectivity index (χ4n) is 11.2. The van der Waals surface area contributed by atoms with Crippen LogP contribution < -0.4 is 21.2 Å². The van der Waals surface area contributed by atoms with Crippen molar-refractivity contribution in [2.75, 3.05) is 0 Å². The van der Waals surface area contributed by atoms with Crippen LogP contribution in [0, 0.1) is 131 Å². The van der Waals surface area contributed by atoms with Gasteiger partial charge in [-0.15, -0.1) is 35.4 Å². The van der Waals surface area contributed by atoms with E-state index in [4.69, 9.17) is 18.6 Å². The summed E-state index contributed by atoms with van der Waals surface area (Å²) in [6.45, 7) is 26.8. The molecule has 4 atom stereocenters. The van der Waals surface area contributed by atoms with E-state index in [-0.39, 0.29) is 64.0 Å². The standard InChI is InChI=1S/C60H52P2.2C5H5.4CO.2Re/c1-43-25-33-47(34-26-43)55-41-57(49-37-29-45(3)30-38-49)61(51-17-9-5-10-18-51,52-19-11-6-12-20-52)59(55)60-56(48-35-27-44(2)28-36-48)42-58(50-39-31-46(4)32-40-50)62(60,53-21-13-7-14-22-53)54-23-15-8-16-24-54;2*1-2-4-5-3-1;4*1-2;;/h5-40,55-56,59-60H,1-4H3;2*1-5H;;;;;;. The zero-order chi connectivity index (χ0) is 57.3. The summed E-state index contributed by atoms with van der Waals surface area (Å²) in [5.41, 5.74) is 10.4. The molecule has 0 bridgehead atoms. The van der Waals surface area contributed by atoms with E-state index < -0.39 is 14.5 Å². The monoisotopic (exact) mass is 1450 g/mol. The van der Waals surface area contributed by atoms with Crippen LogP contribution in [0.1, 0.15) is 56.3 Å². The number of rotatable bonds is 9. The molecule has 4 aliphatic rings. The average Bonchev–Trinajstić information content (AvgIpc) is 4.43. The van der Waals surface area contributed by atoms with Crippen LogP contribution in [0.5, 0.6) is 0 Å². The molecule has 0 N–H and O–H groups in total. The zero-order valence-electron chi connectivity index (χ0n) is 46.2. The molecule has 0 amide bonds. The van der Waals surface area contributed by atoms with Crippen LogP contribution in [-0.2, 0) is 59.5 Å². The van der Waals surface area contributed by atoms with Crippen molar-refractivity contribution in [3.63, 3.8) is 0 Å². The van der Waals surface area contributed by atoms with Gasteiger partial charge in [0.15, 0.2) is 0 Å². The molecule has 2 aliphatic heterocycles. The first-order chi connectivity index (χ1) is 39.4. The second-order valence-electron chi connectivity index (χ2n) is 19.2. The molecule has 82 heavy (non-hydrogen) atoms. The maximum atomic E-state index is 7.50. The first kappa shape index (κ1) is 68.9. The number of aryl methyl sites for hydroxylation is 4. The van der Waals surface area contributed by atoms with E-state index in [1.54, 1.807) is 0 Å². The van der Waals surface area contributed by atoms with Gasteiger partial charge in [-0.05, 0) is 152 Å². The summed E-state index contributed by atoms with van der Waals surface area (Å²) in [7, 11) is -5.25. The molecular weight excluding hydrogens is 1390 g/mol. The summed E-state index contributed by atoms with van der Waals surface area (Å²) < 4.78 is 30.0. The minimum Gasteiger partial charge on any atom is -0.0312 e. The van der Waals surface area contributed by atoms with Gasteiger partial charge >= 0.3 is 45.2 Å². The Bertz CT molecular complexity index is 2930. The van der Waals surface area contributed by atoms with E-state index in [0.29, 0.717) is 0 Å². The molecule has 2 heterocycles. The Morgan fingerprint density at radius 2 is 0.476 bits per heavy atom. The van der Waals surface area contributed by atoms with E-state index in [1.165, 1.54) is 76.4 Å². The SMILES string of the molecule is Cc1ccc(C2=[C-]C(c3ccc(C)cc3)C(C3C(c4ccc(C)cc4)[C-]=C(c4ccc(C)cc4)[P+]3(c3ccccc3)c3ccccc3)[P+]2(c2ccccc2)c2ccccc2)cc1.[C-]#[O+].[C-]#[O+].[C-]#[O+].[C-]#[O+].[CH]1[CH][CH][CH][CH]1.[CH]1[CH][CH][CH][CH]1.[Re].[Re]. The topological polar surface area (TPSA) is 79.6 Å². The fourth-order valence-corrected chi connectivity index (χ4v) is 23.0. The Morgan fingerprint density at radius 3 is 0.683 bits per heavy atom. The summed E-state index contributed by atoms with van der Waals surface area (Å²) in [4.78, 5) is 0. The van der Waals surface area contributed by atoms with Gasteiger partial charge in [-0.3, -0.25) is 0 Å². The van der Waals surface area contributed by atoms with E-state index in [0.717, 1.165) is 0 Å². The van der Waals surface area contributed by atoms with Crippen molar-refractivity contribution in [2.45, 2.75) is 50.8 Å². The van der Waals surface area contributed by atoms with E-state index >= 15 is 0 Å². The Hall–Kier alpha value is -5.62. The number of hydrogen-bond donors (Lipinski definition) is 0. The van der Waals surface area contributed by atoms with Crippen molar-refractivity contribution in [1.82, 2.24) is 0 Å². The minimum atomic E-state index is -2.63. The van der Waals surface area contributed by atoms with Gasteiger partial charge in [0.05, 0.1) is 14.5 Å². The number of benzene rings is 8. The normalized spacial score (nSPS) is 18.2. The van der Waals surface area contributed by atoms with Crippen LogP contribution in [0.15, 0.2) is 218 Å². The number of hydrogen-bond acceptors (Lipinski definition) is 0. The molecule has 8 aromatic carbocycles. The second kappa shape index (κ2) is 35.5. The third kappa shape index (κ3) is 15.6. The van der Waals surface area contributed by atoms with Crippen molar-refractivity contribution in [3.8, 4) is 0 Å². The van der Waals surface area contributed by atoms with Crippen molar-refractivity contribution in [3.05, 3.63) is 366 Å². The molecule has 406 valence electrons. The summed E-state index contributed by atoms with van der Waals surface area (Å²) in [5.74, 6) is -0.0471. The molecule has 0 aromatic heterocycles. The van der Waals surface area contributed by atoms with Gasteiger partial charge in [0.25, 0.3) is 0 Å². The van der Waals surface area contributed by atoms with E-state index in [1.807, 2.05) is 64.2 Å². The maximum Gasteiger partial charge on any atom is 0 e. The van der Waals surface area contributed by atoms with Gasteiger partial charge in [-0.25, -0.2) is 12.2 Å². The van der Waals surface area contributed by atoms with Crippen molar-refractivity contribution >= 4 is 46.4 Å². The van der Waals surface area contributed by atoms with Crippen molar-refractivity contribution < 1.29 is 59.5 Å². The quantitative estimate of drug-likeness (QED) is 0.0784. The summed E-state index contributed by atoms with van der Waals surface area (Å²) >= 11 is 0. The van der Waals surface area contributed by atoms with Gasteiger partial charge in [-0.1, -0.05) is 190 Å². The maximum absolute atomic E-state index is 7.50. The molecule has 8 aromatic rings.